The number of nitriles is 1. The fourth-order valence-electron chi connectivity index (χ4n) is 1.22. The van der Waals surface area contributed by atoms with Crippen molar-refractivity contribution in [3.05, 3.63) is 40.6 Å². The van der Waals surface area contributed by atoms with Crippen molar-refractivity contribution in [2.45, 2.75) is 13.5 Å². The van der Waals surface area contributed by atoms with E-state index in [0.717, 1.165) is 0 Å². The average molecular weight is 250 g/mol. The van der Waals surface area contributed by atoms with Gasteiger partial charge < -0.3 is 9.15 Å². The molecule has 6 heteroatoms. The summed E-state index contributed by atoms with van der Waals surface area (Å²) >= 11 is 5.86. The van der Waals surface area contributed by atoms with Crippen molar-refractivity contribution < 1.29 is 9.15 Å². The summed E-state index contributed by atoms with van der Waals surface area (Å²) in [6.45, 7) is 1.87. The highest BCUT2D eigenvalue weighted by Crippen LogP contribution is 2.22. The van der Waals surface area contributed by atoms with Gasteiger partial charge in [0.05, 0.1) is 10.6 Å². The molecule has 0 aliphatic heterocycles. The standard InChI is InChI=1S/C11H8ClN3O2/c1-7-14-15-11(17-7)6-16-9-3-2-8(5-13)10(12)4-9/h2-4H,6H2,1H3. The van der Waals surface area contributed by atoms with Gasteiger partial charge in [-0.05, 0) is 12.1 Å². The Morgan fingerprint density at radius 1 is 1.47 bits per heavy atom. The van der Waals surface area contributed by atoms with Crippen molar-refractivity contribution in [1.29, 1.82) is 5.26 Å². The van der Waals surface area contributed by atoms with Gasteiger partial charge in [-0.3, -0.25) is 0 Å². The van der Waals surface area contributed by atoms with Crippen molar-refractivity contribution in [2.75, 3.05) is 0 Å². The summed E-state index contributed by atoms with van der Waals surface area (Å²) in [6.07, 6.45) is 0. The summed E-state index contributed by atoms with van der Waals surface area (Å²) in [5, 5.41) is 16.5. The van der Waals surface area contributed by atoms with Gasteiger partial charge in [0.1, 0.15) is 11.8 Å². The second-order valence-corrected chi connectivity index (χ2v) is 3.66. The number of rotatable bonds is 3. The number of aryl methyl sites for hydroxylation is 1. The number of benzene rings is 1. The lowest BCUT2D eigenvalue weighted by atomic mass is 10.2. The van der Waals surface area contributed by atoms with Gasteiger partial charge in [-0.15, -0.1) is 10.2 Å². The summed E-state index contributed by atoms with van der Waals surface area (Å²) in [6, 6.07) is 6.80. The van der Waals surface area contributed by atoms with Crippen molar-refractivity contribution >= 4 is 11.6 Å². The number of hydrogen-bond donors (Lipinski definition) is 0. The zero-order chi connectivity index (χ0) is 12.3. The smallest absolute Gasteiger partial charge is 0.253 e. The zero-order valence-electron chi connectivity index (χ0n) is 8.98. The summed E-state index contributed by atoms with van der Waals surface area (Å²) in [7, 11) is 0. The number of ether oxygens (including phenoxy) is 1. The Hall–Kier alpha value is -2.06. The van der Waals surface area contributed by atoms with Gasteiger partial charge in [-0.2, -0.15) is 5.26 Å². The third-order valence-electron chi connectivity index (χ3n) is 1.99. The van der Waals surface area contributed by atoms with Crippen molar-refractivity contribution in [3.63, 3.8) is 0 Å². The minimum atomic E-state index is 0.170. The van der Waals surface area contributed by atoms with Crippen LogP contribution in [0.3, 0.4) is 0 Å². The molecule has 0 saturated carbocycles. The molecule has 0 N–H and O–H groups in total. The van der Waals surface area contributed by atoms with Crippen molar-refractivity contribution in [2.24, 2.45) is 0 Å². The number of halogens is 1. The van der Waals surface area contributed by atoms with Crippen LogP contribution in [0.5, 0.6) is 5.75 Å². The van der Waals surface area contributed by atoms with E-state index < -0.39 is 0 Å². The molecule has 0 spiro atoms. The van der Waals surface area contributed by atoms with Crippen LogP contribution in [0.2, 0.25) is 5.02 Å². The normalized spacial score (nSPS) is 9.94. The molecule has 1 aromatic carbocycles. The largest absolute Gasteiger partial charge is 0.484 e. The zero-order valence-corrected chi connectivity index (χ0v) is 9.73. The van der Waals surface area contributed by atoms with E-state index in [2.05, 4.69) is 10.2 Å². The number of nitrogens with zero attached hydrogens (tertiary/aromatic N) is 3. The van der Waals surface area contributed by atoms with Crippen LogP contribution in [-0.4, -0.2) is 10.2 Å². The maximum Gasteiger partial charge on any atom is 0.253 e. The maximum atomic E-state index is 8.71. The Bertz CT molecular complexity index is 574. The van der Waals surface area contributed by atoms with E-state index in [4.69, 9.17) is 26.0 Å². The minimum absolute atomic E-state index is 0.170. The van der Waals surface area contributed by atoms with E-state index >= 15 is 0 Å². The van der Waals surface area contributed by atoms with Crippen LogP contribution < -0.4 is 4.74 Å². The van der Waals surface area contributed by atoms with E-state index in [1.807, 2.05) is 6.07 Å². The molecule has 86 valence electrons. The van der Waals surface area contributed by atoms with E-state index in [-0.39, 0.29) is 6.61 Å². The first kappa shape index (κ1) is 11.4. The first-order chi connectivity index (χ1) is 8.19. The fraction of sp³-hybridized carbons (Fsp3) is 0.182. The number of hydrogen-bond acceptors (Lipinski definition) is 5. The van der Waals surface area contributed by atoms with E-state index in [1.54, 1.807) is 25.1 Å². The highest BCUT2D eigenvalue weighted by Gasteiger charge is 2.05. The predicted octanol–water partition coefficient (Wildman–Crippen LogP) is 2.48. The lowest BCUT2D eigenvalue weighted by molar-refractivity contribution is 0.260. The molecule has 1 aromatic heterocycles. The predicted molar refractivity (Wildman–Crippen MR) is 59.5 cm³/mol. The average Bonchev–Trinajstić information content (AvgIpc) is 2.73. The van der Waals surface area contributed by atoms with Crippen LogP contribution in [-0.2, 0) is 6.61 Å². The quantitative estimate of drug-likeness (QED) is 0.836. The molecular weight excluding hydrogens is 242 g/mol. The van der Waals surface area contributed by atoms with Gasteiger partial charge in [-0.25, -0.2) is 0 Å². The summed E-state index contributed by atoms with van der Waals surface area (Å²) < 4.78 is 10.5. The third kappa shape index (κ3) is 2.74. The Morgan fingerprint density at radius 2 is 2.29 bits per heavy atom. The molecule has 17 heavy (non-hydrogen) atoms. The van der Waals surface area contributed by atoms with Gasteiger partial charge in [0.2, 0.25) is 5.89 Å². The molecule has 2 aromatic rings. The van der Waals surface area contributed by atoms with Crippen LogP contribution >= 0.6 is 11.6 Å². The lowest BCUT2D eigenvalue weighted by Gasteiger charge is -2.03. The van der Waals surface area contributed by atoms with Gasteiger partial charge in [0.15, 0.2) is 6.61 Å². The summed E-state index contributed by atoms with van der Waals surface area (Å²) in [5.41, 5.74) is 0.410. The molecule has 0 amide bonds. The van der Waals surface area contributed by atoms with Crippen LogP contribution in [0.15, 0.2) is 22.6 Å². The highest BCUT2D eigenvalue weighted by molar-refractivity contribution is 6.31. The molecule has 0 aliphatic carbocycles. The SMILES string of the molecule is Cc1nnc(COc2ccc(C#N)c(Cl)c2)o1. The number of aromatic nitrogens is 2. The highest BCUT2D eigenvalue weighted by atomic mass is 35.5. The topological polar surface area (TPSA) is 71.9 Å². The molecule has 5 nitrogen and oxygen atoms in total. The molecular formula is C11H8ClN3O2. The Balaban J connectivity index is 2.05. The molecule has 0 aliphatic rings. The molecule has 0 bridgehead atoms. The second kappa shape index (κ2) is 4.85. The van der Waals surface area contributed by atoms with Crippen molar-refractivity contribution in [1.82, 2.24) is 10.2 Å². The Morgan fingerprint density at radius 3 is 2.88 bits per heavy atom. The molecule has 0 atom stereocenters. The van der Waals surface area contributed by atoms with E-state index in [1.165, 1.54) is 0 Å². The Labute approximate surface area is 103 Å². The van der Waals surface area contributed by atoms with Gasteiger partial charge >= 0.3 is 0 Å². The van der Waals surface area contributed by atoms with Crippen LogP contribution in [0, 0.1) is 18.3 Å². The lowest BCUT2D eigenvalue weighted by Crippen LogP contribution is -1.96. The third-order valence-corrected chi connectivity index (χ3v) is 2.30. The summed E-state index contributed by atoms with van der Waals surface area (Å²) in [4.78, 5) is 0. The first-order valence-corrected chi connectivity index (χ1v) is 5.18. The fourth-order valence-corrected chi connectivity index (χ4v) is 1.43. The summed E-state index contributed by atoms with van der Waals surface area (Å²) in [5.74, 6) is 1.43. The molecule has 0 radical (unpaired) electrons. The van der Waals surface area contributed by atoms with E-state index in [9.17, 15) is 0 Å². The monoisotopic (exact) mass is 249 g/mol. The van der Waals surface area contributed by atoms with E-state index in [0.29, 0.717) is 28.1 Å². The molecule has 1 heterocycles. The van der Waals surface area contributed by atoms with Gasteiger partial charge in [-0.1, -0.05) is 11.6 Å². The molecule has 0 unspecified atom stereocenters. The van der Waals surface area contributed by atoms with Crippen molar-refractivity contribution in [3.8, 4) is 11.8 Å². The van der Waals surface area contributed by atoms with Gasteiger partial charge in [0.25, 0.3) is 5.89 Å². The molecule has 0 fully saturated rings. The molecule has 2 rings (SSSR count). The van der Waals surface area contributed by atoms with Crippen LogP contribution in [0.25, 0.3) is 0 Å². The minimum Gasteiger partial charge on any atom is -0.484 e. The van der Waals surface area contributed by atoms with Crippen LogP contribution in [0.1, 0.15) is 17.3 Å². The Kier molecular flexibility index (Phi) is 3.26. The van der Waals surface area contributed by atoms with Crippen LogP contribution in [0.4, 0.5) is 0 Å². The second-order valence-electron chi connectivity index (χ2n) is 3.26. The van der Waals surface area contributed by atoms with Gasteiger partial charge in [0, 0.05) is 13.0 Å². The first-order valence-electron chi connectivity index (χ1n) is 4.80. The molecule has 0 saturated heterocycles. The maximum absolute atomic E-state index is 8.71.